The molecule has 0 aliphatic carbocycles. The summed E-state index contributed by atoms with van der Waals surface area (Å²) in [4.78, 5) is 12.9. The second-order valence-corrected chi connectivity index (χ2v) is 5.94. The molecule has 23 heavy (non-hydrogen) atoms. The molecular weight excluding hydrogens is 311 g/mol. The number of carboxylic acid groups (broad SMARTS) is 1. The number of amides is 1. The number of hydrogen-bond acceptors (Lipinski definition) is 2. The molecule has 7 heteroatoms. The van der Waals surface area contributed by atoms with Crippen molar-refractivity contribution >= 4 is 11.8 Å². The van der Waals surface area contributed by atoms with Crippen LogP contribution in [0.2, 0.25) is 0 Å². The normalized spacial score (nSPS) is 24.4. The van der Waals surface area contributed by atoms with Gasteiger partial charge in [-0.05, 0) is 31.0 Å². The van der Waals surface area contributed by atoms with E-state index < -0.39 is 29.5 Å². The van der Waals surface area contributed by atoms with E-state index in [4.69, 9.17) is 0 Å². The fraction of sp³-hybridized carbons (Fsp3) is 0.562. The van der Waals surface area contributed by atoms with Crippen LogP contribution in [-0.4, -0.2) is 21.8 Å². The van der Waals surface area contributed by atoms with Crippen molar-refractivity contribution in [2.75, 3.05) is 4.90 Å². The van der Waals surface area contributed by atoms with Crippen molar-refractivity contribution in [1.82, 2.24) is 0 Å². The molecule has 1 heterocycles. The van der Waals surface area contributed by atoms with Crippen LogP contribution in [0.25, 0.3) is 0 Å². The van der Waals surface area contributed by atoms with Gasteiger partial charge in [-0.3, -0.25) is 4.90 Å². The zero-order chi connectivity index (χ0) is 17.4. The molecule has 2 atom stereocenters. The number of fused-ring (bicyclic) bond motifs is 1. The third kappa shape index (κ3) is 3.02. The molecule has 0 saturated carbocycles. The number of alkyl halides is 3. The Hall–Kier alpha value is -1.76. The number of aliphatic hydroxyl groups excluding tert-OH is 1. The molecule has 0 bridgehead atoms. The average molecular weight is 331 g/mol. The monoisotopic (exact) mass is 331 g/mol. The van der Waals surface area contributed by atoms with Gasteiger partial charge in [0.05, 0.1) is 22.9 Å². The van der Waals surface area contributed by atoms with Gasteiger partial charge in [-0.1, -0.05) is 20.3 Å². The highest BCUT2D eigenvalue weighted by molar-refractivity contribution is 5.90. The predicted octanol–water partition coefficient (Wildman–Crippen LogP) is 4.58. The van der Waals surface area contributed by atoms with Gasteiger partial charge >= 0.3 is 12.3 Å². The maximum Gasteiger partial charge on any atom is 0.416 e. The number of halogens is 3. The van der Waals surface area contributed by atoms with Gasteiger partial charge in [0.2, 0.25) is 0 Å². The largest absolute Gasteiger partial charge is 0.465 e. The molecule has 0 spiro atoms. The maximum absolute atomic E-state index is 12.9. The summed E-state index contributed by atoms with van der Waals surface area (Å²) in [6.07, 6.45) is -5.05. The van der Waals surface area contributed by atoms with Crippen LogP contribution < -0.4 is 4.90 Å². The number of rotatable bonds is 3. The maximum atomic E-state index is 12.9. The minimum Gasteiger partial charge on any atom is -0.465 e. The first-order valence-electron chi connectivity index (χ1n) is 7.58. The molecule has 0 radical (unpaired) electrons. The first-order valence-corrected chi connectivity index (χ1v) is 7.58. The van der Waals surface area contributed by atoms with Crippen molar-refractivity contribution in [3.05, 3.63) is 29.3 Å². The van der Waals surface area contributed by atoms with E-state index in [1.165, 1.54) is 0 Å². The quantitative estimate of drug-likeness (QED) is 0.852. The molecule has 0 fully saturated rings. The summed E-state index contributed by atoms with van der Waals surface area (Å²) < 4.78 is 38.6. The summed E-state index contributed by atoms with van der Waals surface area (Å²) in [6, 6.07) is 2.86. The summed E-state index contributed by atoms with van der Waals surface area (Å²) in [6.45, 7) is 3.74. The summed E-state index contributed by atoms with van der Waals surface area (Å²) in [5.41, 5.74) is -1.53. The van der Waals surface area contributed by atoms with Gasteiger partial charge in [0.1, 0.15) is 0 Å². The van der Waals surface area contributed by atoms with E-state index in [0.717, 1.165) is 23.1 Å². The van der Waals surface area contributed by atoms with Gasteiger partial charge in [0.25, 0.3) is 0 Å². The Balaban J connectivity index is 2.61. The smallest absolute Gasteiger partial charge is 0.416 e. The molecule has 2 N–H and O–H groups in total. The molecule has 128 valence electrons. The number of benzene rings is 1. The van der Waals surface area contributed by atoms with Gasteiger partial charge < -0.3 is 10.2 Å². The third-order valence-electron chi connectivity index (χ3n) is 4.57. The van der Waals surface area contributed by atoms with Crippen LogP contribution in [0.3, 0.4) is 0 Å². The summed E-state index contributed by atoms with van der Waals surface area (Å²) in [5, 5.41) is 20.0. The van der Waals surface area contributed by atoms with E-state index in [2.05, 4.69) is 0 Å². The zero-order valence-electron chi connectivity index (χ0n) is 13.0. The predicted molar refractivity (Wildman–Crippen MR) is 79.5 cm³/mol. The SMILES string of the molecule is CCCC1(CC)CC(O)c2cc(C(F)(F)F)ccc2N1C(=O)O. The van der Waals surface area contributed by atoms with Crippen LogP contribution in [0.4, 0.5) is 23.7 Å². The lowest BCUT2D eigenvalue weighted by Crippen LogP contribution is -2.55. The van der Waals surface area contributed by atoms with E-state index in [-0.39, 0.29) is 17.7 Å². The van der Waals surface area contributed by atoms with Crippen molar-refractivity contribution in [2.24, 2.45) is 0 Å². The molecule has 2 rings (SSSR count). The molecule has 1 amide bonds. The number of anilines is 1. The van der Waals surface area contributed by atoms with Crippen molar-refractivity contribution in [3.63, 3.8) is 0 Å². The summed E-state index contributed by atoms with van der Waals surface area (Å²) in [7, 11) is 0. The molecule has 0 saturated heterocycles. The van der Waals surface area contributed by atoms with Crippen molar-refractivity contribution in [3.8, 4) is 0 Å². The van der Waals surface area contributed by atoms with Crippen LogP contribution in [-0.2, 0) is 6.18 Å². The fourth-order valence-corrected chi connectivity index (χ4v) is 3.48. The minimum absolute atomic E-state index is 0.0161. The highest BCUT2D eigenvalue weighted by Crippen LogP contribution is 2.47. The Morgan fingerprint density at radius 2 is 2.04 bits per heavy atom. The lowest BCUT2D eigenvalue weighted by Gasteiger charge is -2.48. The second kappa shape index (κ2) is 6.03. The van der Waals surface area contributed by atoms with E-state index in [1.54, 1.807) is 0 Å². The van der Waals surface area contributed by atoms with Crippen molar-refractivity contribution in [2.45, 2.75) is 57.3 Å². The molecule has 1 aromatic carbocycles. The average Bonchev–Trinajstić information content (AvgIpc) is 2.45. The summed E-state index contributed by atoms with van der Waals surface area (Å²) >= 11 is 0. The van der Waals surface area contributed by atoms with E-state index in [9.17, 15) is 28.2 Å². The van der Waals surface area contributed by atoms with E-state index >= 15 is 0 Å². The second-order valence-electron chi connectivity index (χ2n) is 5.94. The lowest BCUT2D eigenvalue weighted by atomic mass is 9.77. The topological polar surface area (TPSA) is 60.8 Å². The fourth-order valence-electron chi connectivity index (χ4n) is 3.48. The number of carbonyl (C=O) groups is 1. The Bertz CT molecular complexity index is 603. The highest BCUT2D eigenvalue weighted by atomic mass is 19.4. The van der Waals surface area contributed by atoms with Crippen LogP contribution in [0.15, 0.2) is 18.2 Å². The highest BCUT2D eigenvalue weighted by Gasteiger charge is 2.46. The van der Waals surface area contributed by atoms with Crippen LogP contribution >= 0.6 is 0 Å². The molecular formula is C16H20F3NO3. The molecule has 4 nitrogen and oxygen atoms in total. The molecule has 1 aliphatic heterocycles. The van der Waals surface area contributed by atoms with E-state index in [0.29, 0.717) is 19.3 Å². The first-order chi connectivity index (χ1) is 10.7. The van der Waals surface area contributed by atoms with Crippen LogP contribution in [0, 0.1) is 0 Å². The van der Waals surface area contributed by atoms with Gasteiger partial charge in [0, 0.05) is 12.0 Å². The number of nitrogens with zero attached hydrogens (tertiary/aromatic N) is 1. The van der Waals surface area contributed by atoms with Crippen LogP contribution in [0.1, 0.15) is 56.8 Å². The van der Waals surface area contributed by atoms with Crippen LogP contribution in [0.5, 0.6) is 0 Å². The van der Waals surface area contributed by atoms with Crippen molar-refractivity contribution in [1.29, 1.82) is 0 Å². The molecule has 2 unspecified atom stereocenters. The molecule has 0 aromatic heterocycles. The standard InChI is InChI=1S/C16H20F3NO3/c1-3-7-15(4-2)9-13(21)11-8-10(16(17,18)19)5-6-12(11)20(15)14(22)23/h5-6,8,13,21H,3-4,7,9H2,1-2H3,(H,22,23). The number of hydrogen-bond donors (Lipinski definition) is 2. The third-order valence-corrected chi connectivity index (χ3v) is 4.57. The van der Waals surface area contributed by atoms with Gasteiger partial charge in [-0.25, -0.2) is 4.79 Å². The van der Waals surface area contributed by atoms with E-state index in [1.807, 2.05) is 13.8 Å². The van der Waals surface area contributed by atoms with Gasteiger partial charge in [-0.2, -0.15) is 13.2 Å². The minimum atomic E-state index is -4.54. The lowest BCUT2D eigenvalue weighted by molar-refractivity contribution is -0.137. The Kier molecular flexibility index (Phi) is 4.61. The van der Waals surface area contributed by atoms with Gasteiger partial charge in [0.15, 0.2) is 0 Å². The Morgan fingerprint density at radius 1 is 1.39 bits per heavy atom. The number of aliphatic hydroxyl groups is 1. The van der Waals surface area contributed by atoms with Gasteiger partial charge in [-0.15, -0.1) is 0 Å². The van der Waals surface area contributed by atoms with Crippen molar-refractivity contribution < 1.29 is 28.2 Å². The Labute approximate surface area is 132 Å². The zero-order valence-corrected chi connectivity index (χ0v) is 13.0. The summed E-state index contributed by atoms with van der Waals surface area (Å²) in [5.74, 6) is 0. The molecule has 1 aliphatic rings. The Morgan fingerprint density at radius 3 is 2.52 bits per heavy atom. The first kappa shape index (κ1) is 17.6. The molecule has 1 aromatic rings.